The van der Waals surface area contributed by atoms with Gasteiger partial charge >= 0.3 is 0 Å². The number of benzene rings is 1. The number of rotatable bonds is 6. The number of nitrogens with two attached hydrogens (primary N) is 2. The molecule has 2 aromatic heterocycles. The van der Waals surface area contributed by atoms with Crippen LogP contribution in [0.3, 0.4) is 0 Å². The van der Waals surface area contributed by atoms with Gasteiger partial charge in [0.1, 0.15) is 5.01 Å². The number of nitrogen functional groups attached to an aromatic ring is 1. The quantitative estimate of drug-likeness (QED) is 0.610. The summed E-state index contributed by atoms with van der Waals surface area (Å²) < 4.78 is 0. The number of nitrogens with zero attached hydrogens (tertiary/aromatic N) is 3. The lowest BCUT2D eigenvalue weighted by Gasteiger charge is -2.41. The largest absolute Gasteiger partial charge is 0.374 e. The molecule has 1 saturated heterocycles. The van der Waals surface area contributed by atoms with Crippen LogP contribution in [0.15, 0.2) is 41.8 Å². The molecule has 0 bridgehead atoms. The maximum absolute atomic E-state index is 12.8. The molecule has 4 rings (SSSR count). The fraction of sp³-hybridized carbons (Fsp3) is 0.333. The van der Waals surface area contributed by atoms with Crippen LogP contribution < -0.4 is 11.5 Å². The summed E-state index contributed by atoms with van der Waals surface area (Å²) in [5, 5.41) is 10.7. The highest BCUT2D eigenvalue weighted by Gasteiger charge is 2.42. The van der Waals surface area contributed by atoms with Gasteiger partial charge in [0.15, 0.2) is 0 Å². The van der Waals surface area contributed by atoms with Crippen molar-refractivity contribution < 1.29 is 9.59 Å². The lowest BCUT2D eigenvalue weighted by atomic mass is 9.74. The van der Waals surface area contributed by atoms with Crippen molar-refractivity contribution in [1.29, 1.82) is 0 Å². The molecule has 9 heteroatoms. The van der Waals surface area contributed by atoms with Gasteiger partial charge in [-0.25, -0.2) is 0 Å². The number of hydrogen-bond donors (Lipinski definition) is 2. The maximum atomic E-state index is 12.8. The van der Waals surface area contributed by atoms with Crippen molar-refractivity contribution in [2.45, 2.75) is 25.7 Å². The van der Waals surface area contributed by atoms with Crippen LogP contribution >= 0.6 is 22.7 Å². The standard InChI is InChI=1S/C21H23N5O2S2/c22-19(28)21(12-14-4-1-5-15(10-14)16-6-2-9-29-16)7-3-8-26(13-21)18(27)11-17-24-25-20(23)30-17/h1-2,4-6,9-10H,3,7-8,11-13H2,(H2,22,28)(H2,23,25). The molecular weight excluding hydrogens is 418 g/mol. The molecule has 30 heavy (non-hydrogen) atoms. The van der Waals surface area contributed by atoms with E-state index in [9.17, 15) is 9.59 Å². The number of aromatic nitrogens is 2. The molecule has 156 valence electrons. The van der Waals surface area contributed by atoms with E-state index >= 15 is 0 Å². The van der Waals surface area contributed by atoms with Gasteiger partial charge in [0, 0.05) is 18.0 Å². The first-order valence-corrected chi connectivity index (χ1v) is 11.4. The van der Waals surface area contributed by atoms with Gasteiger partial charge in [-0.1, -0.05) is 41.7 Å². The molecule has 1 aromatic carbocycles. The van der Waals surface area contributed by atoms with Crippen molar-refractivity contribution in [3.63, 3.8) is 0 Å². The van der Waals surface area contributed by atoms with Crippen LogP contribution in [0.5, 0.6) is 0 Å². The molecule has 1 aliphatic heterocycles. The second kappa shape index (κ2) is 8.53. The van der Waals surface area contributed by atoms with Gasteiger partial charge in [-0.15, -0.1) is 21.5 Å². The number of hydrogen-bond acceptors (Lipinski definition) is 7. The van der Waals surface area contributed by atoms with Crippen LogP contribution in [-0.2, 0) is 22.4 Å². The Kier molecular flexibility index (Phi) is 5.83. The molecule has 1 fully saturated rings. The predicted octanol–water partition coefficient (Wildman–Crippen LogP) is 2.73. The average Bonchev–Trinajstić information content (AvgIpc) is 3.40. The van der Waals surface area contributed by atoms with Crippen molar-refractivity contribution in [1.82, 2.24) is 15.1 Å². The summed E-state index contributed by atoms with van der Waals surface area (Å²) in [5.74, 6) is -0.439. The first-order valence-electron chi connectivity index (χ1n) is 9.73. The van der Waals surface area contributed by atoms with Crippen LogP contribution in [0.1, 0.15) is 23.4 Å². The van der Waals surface area contributed by atoms with Gasteiger partial charge in [0.25, 0.3) is 0 Å². The predicted molar refractivity (Wildman–Crippen MR) is 119 cm³/mol. The average molecular weight is 442 g/mol. The zero-order valence-corrected chi connectivity index (χ0v) is 18.0. The Morgan fingerprint density at radius 2 is 2.07 bits per heavy atom. The number of likely N-dealkylation sites (tertiary alicyclic amines) is 1. The molecule has 3 heterocycles. The summed E-state index contributed by atoms with van der Waals surface area (Å²) in [4.78, 5) is 28.3. The van der Waals surface area contributed by atoms with Gasteiger partial charge in [0.2, 0.25) is 16.9 Å². The number of amides is 2. The normalized spacial score (nSPS) is 19.0. The van der Waals surface area contributed by atoms with Crippen molar-refractivity contribution in [2.24, 2.45) is 11.1 Å². The molecule has 4 N–H and O–H groups in total. The molecule has 2 amide bonds. The monoisotopic (exact) mass is 441 g/mol. The van der Waals surface area contributed by atoms with E-state index in [1.54, 1.807) is 16.2 Å². The third-order valence-electron chi connectivity index (χ3n) is 5.51. The zero-order chi connectivity index (χ0) is 21.1. The molecule has 3 aromatic rings. The van der Waals surface area contributed by atoms with E-state index in [2.05, 4.69) is 28.4 Å². The maximum Gasteiger partial charge on any atom is 0.229 e. The molecule has 0 spiro atoms. The van der Waals surface area contributed by atoms with E-state index in [1.165, 1.54) is 16.2 Å². The Hall–Kier alpha value is -2.78. The van der Waals surface area contributed by atoms with Crippen LogP contribution in [-0.4, -0.2) is 40.0 Å². The first-order chi connectivity index (χ1) is 14.4. The Morgan fingerprint density at radius 1 is 1.20 bits per heavy atom. The molecule has 0 aliphatic carbocycles. The van der Waals surface area contributed by atoms with Crippen LogP contribution in [0.2, 0.25) is 0 Å². The Balaban J connectivity index is 1.53. The summed E-state index contributed by atoms with van der Waals surface area (Å²) in [6, 6.07) is 12.3. The number of carbonyl (C=O) groups is 2. The molecule has 1 atom stereocenters. The van der Waals surface area contributed by atoms with Crippen LogP contribution in [0, 0.1) is 5.41 Å². The smallest absolute Gasteiger partial charge is 0.229 e. The lowest BCUT2D eigenvalue weighted by molar-refractivity contribution is -0.139. The van der Waals surface area contributed by atoms with Crippen molar-refractivity contribution in [3.05, 3.63) is 52.3 Å². The first kappa shape index (κ1) is 20.5. The number of thiophene rings is 1. The Morgan fingerprint density at radius 3 is 2.77 bits per heavy atom. The molecule has 7 nitrogen and oxygen atoms in total. The van der Waals surface area contributed by atoms with Crippen molar-refractivity contribution >= 4 is 39.6 Å². The highest BCUT2D eigenvalue weighted by atomic mass is 32.1. The van der Waals surface area contributed by atoms with E-state index in [4.69, 9.17) is 11.5 Å². The highest BCUT2D eigenvalue weighted by molar-refractivity contribution is 7.15. The van der Waals surface area contributed by atoms with E-state index in [1.807, 2.05) is 23.6 Å². The molecule has 0 saturated carbocycles. The van der Waals surface area contributed by atoms with Gasteiger partial charge < -0.3 is 16.4 Å². The van der Waals surface area contributed by atoms with Gasteiger partial charge in [-0.05, 0) is 41.8 Å². The summed E-state index contributed by atoms with van der Waals surface area (Å²) in [6.07, 6.45) is 2.05. The number of primary amides is 1. The van der Waals surface area contributed by atoms with Crippen LogP contribution in [0.4, 0.5) is 5.13 Å². The van der Waals surface area contributed by atoms with Gasteiger partial charge in [-0.3, -0.25) is 9.59 Å². The Bertz CT molecular complexity index is 1050. The second-order valence-electron chi connectivity index (χ2n) is 7.63. The lowest BCUT2D eigenvalue weighted by Crippen LogP contribution is -2.53. The molecular formula is C21H23N5O2S2. The summed E-state index contributed by atoms with van der Waals surface area (Å²) in [6.45, 7) is 0.927. The number of anilines is 1. The summed E-state index contributed by atoms with van der Waals surface area (Å²) in [7, 11) is 0. The second-order valence-corrected chi connectivity index (χ2v) is 9.67. The number of piperidine rings is 1. The summed E-state index contributed by atoms with van der Waals surface area (Å²) >= 11 is 2.89. The van der Waals surface area contributed by atoms with Crippen molar-refractivity contribution in [3.8, 4) is 10.4 Å². The van der Waals surface area contributed by atoms with E-state index < -0.39 is 5.41 Å². The molecule has 1 aliphatic rings. The minimum absolute atomic E-state index is 0.0798. The molecule has 1 unspecified atom stereocenters. The highest BCUT2D eigenvalue weighted by Crippen LogP contribution is 2.35. The van der Waals surface area contributed by atoms with E-state index in [0.717, 1.165) is 17.5 Å². The van der Waals surface area contributed by atoms with Gasteiger partial charge in [0.05, 0.1) is 11.8 Å². The Labute approximate surface area is 182 Å². The number of carbonyl (C=O) groups excluding carboxylic acids is 2. The minimum Gasteiger partial charge on any atom is -0.374 e. The topological polar surface area (TPSA) is 115 Å². The fourth-order valence-electron chi connectivity index (χ4n) is 4.02. The van der Waals surface area contributed by atoms with Gasteiger partial charge in [-0.2, -0.15) is 0 Å². The van der Waals surface area contributed by atoms with E-state index in [-0.39, 0.29) is 18.2 Å². The van der Waals surface area contributed by atoms with Crippen molar-refractivity contribution in [2.75, 3.05) is 18.8 Å². The third kappa shape index (κ3) is 4.36. The van der Waals surface area contributed by atoms with Crippen LogP contribution in [0.25, 0.3) is 10.4 Å². The SMILES string of the molecule is NC(=O)C1(Cc2cccc(-c3cccs3)c2)CCCN(C(=O)Cc2nnc(N)s2)C1. The molecule has 0 radical (unpaired) electrons. The zero-order valence-electron chi connectivity index (χ0n) is 16.4. The summed E-state index contributed by atoms with van der Waals surface area (Å²) in [5.41, 5.74) is 12.9. The fourth-order valence-corrected chi connectivity index (χ4v) is 5.35. The van der Waals surface area contributed by atoms with E-state index in [0.29, 0.717) is 36.1 Å². The third-order valence-corrected chi connectivity index (χ3v) is 7.18. The minimum atomic E-state index is -0.776.